The van der Waals surface area contributed by atoms with Crippen LogP contribution in [0.15, 0.2) is 65.6 Å². The molecule has 5 heteroatoms. The number of H-pyrrole nitrogens is 1. The molecule has 0 spiro atoms. The van der Waals surface area contributed by atoms with Crippen molar-refractivity contribution in [3.8, 4) is 5.75 Å². The van der Waals surface area contributed by atoms with Crippen LogP contribution in [0.5, 0.6) is 5.75 Å². The van der Waals surface area contributed by atoms with Gasteiger partial charge in [-0.3, -0.25) is 4.79 Å². The Kier molecular flexibility index (Phi) is 4.05. The summed E-state index contributed by atoms with van der Waals surface area (Å²) in [5.74, 6) is 0.0477. The van der Waals surface area contributed by atoms with Crippen molar-refractivity contribution in [3.63, 3.8) is 0 Å². The van der Waals surface area contributed by atoms with Crippen molar-refractivity contribution < 1.29 is 9.53 Å². The number of benzene rings is 2. The summed E-state index contributed by atoms with van der Waals surface area (Å²) in [5.41, 5.74) is 2.02. The van der Waals surface area contributed by atoms with Crippen LogP contribution in [0, 0.1) is 0 Å². The molecule has 0 fully saturated rings. The molecule has 5 nitrogen and oxygen atoms in total. The number of aromatic nitrogens is 2. The van der Waals surface area contributed by atoms with Crippen LogP contribution in [-0.4, -0.2) is 15.5 Å². The van der Waals surface area contributed by atoms with Crippen LogP contribution in [0.25, 0.3) is 21.8 Å². The molecule has 26 heavy (non-hydrogen) atoms. The van der Waals surface area contributed by atoms with Gasteiger partial charge in [-0.05, 0) is 36.8 Å². The lowest BCUT2D eigenvalue weighted by Gasteiger charge is -2.11. The number of carbonyl (C=O) groups is 1. The van der Waals surface area contributed by atoms with Gasteiger partial charge in [-0.1, -0.05) is 25.1 Å². The van der Waals surface area contributed by atoms with Crippen molar-refractivity contribution in [2.75, 3.05) is 0 Å². The number of nitrogens with one attached hydrogen (secondary N) is 1. The molecule has 2 heterocycles. The van der Waals surface area contributed by atoms with Crippen LogP contribution in [0.4, 0.5) is 0 Å². The number of fused-ring (bicyclic) bond motifs is 2. The second kappa shape index (κ2) is 6.52. The zero-order valence-electron chi connectivity index (χ0n) is 14.4. The molecular weight excluding hydrogens is 328 g/mol. The summed E-state index contributed by atoms with van der Waals surface area (Å²) in [6.45, 7) is 2.62. The van der Waals surface area contributed by atoms with E-state index in [1.807, 2.05) is 37.3 Å². The first-order valence-electron chi connectivity index (χ1n) is 8.60. The van der Waals surface area contributed by atoms with Crippen molar-refractivity contribution in [3.05, 3.63) is 76.7 Å². The first-order chi connectivity index (χ1) is 12.7. The lowest BCUT2D eigenvalue weighted by molar-refractivity contribution is 0.0739. The van der Waals surface area contributed by atoms with Crippen molar-refractivity contribution >= 4 is 27.8 Å². The van der Waals surface area contributed by atoms with Crippen LogP contribution in [-0.2, 0) is 6.54 Å². The lowest BCUT2D eigenvalue weighted by atomic mass is 10.1. The molecule has 0 aliphatic heterocycles. The largest absolute Gasteiger partial charge is 0.421 e. The molecule has 130 valence electrons. The van der Waals surface area contributed by atoms with Gasteiger partial charge < -0.3 is 14.3 Å². The summed E-state index contributed by atoms with van der Waals surface area (Å²) in [7, 11) is 0. The van der Waals surface area contributed by atoms with Gasteiger partial charge in [-0.25, -0.2) is 4.79 Å². The highest BCUT2D eigenvalue weighted by molar-refractivity contribution is 6.05. The van der Waals surface area contributed by atoms with Gasteiger partial charge in [0.1, 0.15) is 0 Å². The van der Waals surface area contributed by atoms with Crippen molar-refractivity contribution in [1.29, 1.82) is 0 Å². The number of hydrogen-bond donors (Lipinski definition) is 1. The number of hydrogen-bond acceptors (Lipinski definition) is 3. The van der Waals surface area contributed by atoms with E-state index in [-0.39, 0.29) is 5.56 Å². The van der Waals surface area contributed by atoms with E-state index in [9.17, 15) is 9.59 Å². The van der Waals surface area contributed by atoms with Gasteiger partial charge in [-0.2, -0.15) is 0 Å². The van der Waals surface area contributed by atoms with E-state index >= 15 is 0 Å². The molecule has 0 unspecified atom stereocenters. The normalized spacial score (nSPS) is 11.1. The number of carbonyl (C=O) groups excluding carboxylic acids is 1. The molecule has 0 bridgehead atoms. The number of nitrogens with zero attached hydrogens (tertiary/aromatic N) is 1. The summed E-state index contributed by atoms with van der Waals surface area (Å²) < 4.78 is 7.33. The predicted octanol–water partition coefficient (Wildman–Crippen LogP) is 4.11. The summed E-state index contributed by atoms with van der Waals surface area (Å²) in [6.07, 6.45) is 2.52. The van der Waals surface area contributed by atoms with Crippen molar-refractivity contribution in [1.82, 2.24) is 9.55 Å². The number of aryl methyl sites for hydroxylation is 1. The molecule has 0 aliphatic rings. The van der Waals surface area contributed by atoms with E-state index in [0.29, 0.717) is 23.2 Å². The lowest BCUT2D eigenvalue weighted by Crippen LogP contribution is -2.20. The zero-order valence-corrected chi connectivity index (χ0v) is 14.4. The smallest absolute Gasteiger partial charge is 0.344 e. The number of rotatable bonds is 4. The third-order valence-electron chi connectivity index (χ3n) is 4.45. The van der Waals surface area contributed by atoms with Gasteiger partial charge in [0.15, 0.2) is 5.75 Å². The highest BCUT2D eigenvalue weighted by Crippen LogP contribution is 2.27. The molecular formula is C21H18N2O3. The Morgan fingerprint density at radius 2 is 1.88 bits per heavy atom. The molecule has 4 rings (SSSR count). The van der Waals surface area contributed by atoms with Crippen molar-refractivity contribution in [2.24, 2.45) is 0 Å². The van der Waals surface area contributed by atoms with Gasteiger partial charge in [0.25, 0.3) is 5.56 Å². The zero-order chi connectivity index (χ0) is 18.1. The molecule has 1 N–H and O–H groups in total. The van der Waals surface area contributed by atoms with E-state index in [4.69, 9.17) is 4.74 Å². The van der Waals surface area contributed by atoms with E-state index in [1.165, 1.54) is 6.07 Å². The standard InChI is InChI=1S/C21H18N2O3/c1-2-12-23-18-9-5-7-15(14(18)10-11-20(23)24)21(25)26-19-13-22-17-8-4-3-6-16(17)19/h3-11,13,22H,2,12H2,1H3. The molecule has 0 aliphatic carbocycles. The van der Waals surface area contributed by atoms with Crippen LogP contribution >= 0.6 is 0 Å². The van der Waals surface area contributed by atoms with Gasteiger partial charge >= 0.3 is 5.97 Å². The van der Waals surface area contributed by atoms with E-state index in [1.54, 1.807) is 29.0 Å². The summed E-state index contributed by atoms with van der Waals surface area (Å²) >= 11 is 0. The van der Waals surface area contributed by atoms with Crippen LogP contribution in [0.3, 0.4) is 0 Å². The molecule has 0 amide bonds. The second-order valence-corrected chi connectivity index (χ2v) is 6.15. The average molecular weight is 346 g/mol. The summed E-state index contributed by atoms with van der Waals surface area (Å²) in [6, 6.07) is 16.2. The highest BCUT2D eigenvalue weighted by Gasteiger charge is 2.16. The first-order valence-corrected chi connectivity index (χ1v) is 8.60. The topological polar surface area (TPSA) is 64.1 Å². The Labute approximate surface area is 149 Å². The minimum absolute atomic E-state index is 0.0681. The highest BCUT2D eigenvalue weighted by atomic mass is 16.5. The number of esters is 1. The van der Waals surface area contributed by atoms with Gasteiger partial charge in [-0.15, -0.1) is 0 Å². The molecule has 2 aromatic heterocycles. The molecule has 4 aromatic rings. The summed E-state index contributed by atoms with van der Waals surface area (Å²) in [5, 5.41) is 1.56. The maximum Gasteiger partial charge on any atom is 0.344 e. The fourth-order valence-corrected chi connectivity index (χ4v) is 3.24. The van der Waals surface area contributed by atoms with E-state index in [0.717, 1.165) is 22.8 Å². The Hall–Kier alpha value is -3.34. The summed E-state index contributed by atoms with van der Waals surface area (Å²) in [4.78, 5) is 28.0. The molecule has 0 atom stereocenters. The third kappa shape index (κ3) is 2.67. The fraction of sp³-hybridized carbons (Fsp3) is 0.143. The maximum absolute atomic E-state index is 12.8. The van der Waals surface area contributed by atoms with Crippen LogP contribution in [0.1, 0.15) is 23.7 Å². The SMILES string of the molecule is CCCn1c(=O)ccc2c(C(=O)Oc3c[nH]c4ccccc34)cccc21. The van der Waals surface area contributed by atoms with E-state index in [2.05, 4.69) is 4.98 Å². The average Bonchev–Trinajstić information content (AvgIpc) is 3.06. The number of para-hydroxylation sites is 1. The van der Waals surface area contributed by atoms with Gasteiger partial charge in [0.05, 0.1) is 11.1 Å². The Bertz CT molecular complexity index is 1170. The molecule has 0 saturated carbocycles. The van der Waals surface area contributed by atoms with Gasteiger partial charge in [0.2, 0.25) is 0 Å². The second-order valence-electron chi connectivity index (χ2n) is 6.15. The van der Waals surface area contributed by atoms with Crippen molar-refractivity contribution in [2.45, 2.75) is 19.9 Å². The monoisotopic (exact) mass is 346 g/mol. The minimum Gasteiger partial charge on any atom is -0.421 e. The first kappa shape index (κ1) is 16.1. The maximum atomic E-state index is 12.8. The van der Waals surface area contributed by atoms with Crippen LogP contribution < -0.4 is 10.3 Å². The Morgan fingerprint density at radius 3 is 2.73 bits per heavy atom. The number of pyridine rings is 1. The van der Waals surface area contributed by atoms with Crippen LogP contribution in [0.2, 0.25) is 0 Å². The Morgan fingerprint density at radius 1 is 1.04 bits per heavy atom. The molecule has 0 saturated heterocycles. The predicted molar refractivity (Wildman–Crippen MR) is 102 cm³/mol. The Balaban J connectivity index is 1.78. The molecule has 0 radical (unpaired) electrons. The van der Waals surface area contributed by atoms with Gasteiger partial charge in [0, 0.05) is 35.1 Å². The minimum atomic E-state index is -0.443. The van der Waals surface area contributed by atoms with E-state index < -0.39 is 5.97 Å². The fourth-order valence-electron chi connectivity index (χ4n) is 3.24. The quantitative estimate of drug-likeness (QED) is 0.566. The number of aromatic amines is 1. The molecule has 2 aromatic carbocycles. The third-order valence-corrected chi connectivity index (χ3v) is 4.45. The number of ether oxygens (including phenoxy) is 1.